The molecule has 0 unspecified atom stereocenters. The van der Waals surface area contributed by atoms with Crippen LogP contribution in [0, 0.1) is 35.5 Å². The van der Waals surface area contributed by atoms with Crippen LogP contribution >= 0.6 is 0 Å². The molecule has 1 saturated carbocycles. The van der Waals surface area contributed by atoms with Crippen LogP contribution in [0.1, 0.15) is 82.8 Å². The van der Waals surface area contributed by atoms with Gasteiger partial charge in [-0.3, -0.25) is 0 Å². The van der Waals surface area contributed by atoms with Gasteiger partial charge in [-0.1, -0.05) is 81.8 Å². The van der Waals surface area contributed by atoms with Crippen molar-refractivity contribution in [2.24, 2.45) is 11.8 Å². The van der Waals surface area contributed by atoms with Gasteiger partial charge in [0.05, 0.1) is 0 Å². The van der Waals surface area contributed by atoms with Crippen molar-refractivity contribution in [2.75, 3.05) is 0 Å². The minimum Gasteiger partial charge on any atom is -0.0951 e. The summed E-state index contributed by atoms with van der Waals surface area (Å²) in [5.74, 6) is 14.4. The Morgan fingerprint density at radius 1 is 0.885 bits per heavy atom. The van der Waals surface area contributed by atoms with E-state index in [0.717, 1.165) is 17.9 Å². The van der Waals surface area contributed by atoms with E-state index in [2.05, 4.69) is 61.8 Å². The number of allylic oxidation sites excluding steroid dienone is 2. The molecular formula is C26H34. The first-order valence-corrected chi connectivity index (χ1v) is 10.6. The Labute approximate surface area is 161 Å². The van der Waals surface area contributed by atoms with E-state index in [1.807, 2.05) is 12.2 Å². The Morgan fingerprint density at radius 2 is 1.62 bits per heavy atom. The lowest BCUT2D eigenvalue weighted by Gasteiger charge is -2.25. The molecule has 1 aromatic carbocycles. The predicted octanol–water partition coefficient (Wildman–Crippen LogP) is 6.94. The Morgan fingerprint density at radius 3 is 2.31 bits per heavy atom. The van der Waals surface area contributed by atoms with E-state index in [1.54, 1.807) is 0 Å². The first-order valence-electron chi connectivity index (χ1n) is 10.6. The van der Waals surface area contributed by atoms with Crippen molar-refractivity contribution in [3.05, 3.63) is 47.5 Å². The predicted molar refractivity (Wildman–Crippen MR) is 114 cm³/mol. The fourth-order valence-corrected chi connectivity index (χ4v) is 3.65. The van der Waals surface area contributed by atoms with Crippen LogP contribution in [0.25, 0.3) is 0 Å². The number of hydrogen-bond acceptors (Lipinski definition) is 0. The summed E-state index contributed by atoms with van der Waals surface area (Å²) in [7, 11) is 0. The highest BCUT2D eigenvalue weighted by Gasteiger charge is 2.19. The molecule has 0 heteroatoms. The topological polar surface area (TPSA) is 0 Å². The molecule has 0 amide bonds. The molecule has 0 radical (unpaired) electrons. The van der Waals surface area contributed by atoms with Crippen molar-refractivity contribution < 1.29 is 0 Å². The Hall–Kier alpha value is -1.92. The van der Waals surface area contributed by atoms with Gasteiger partial charge in [0.15, 0.2) is 0 Å². The fraction of sp³-hybridized carbons (Fsp3) is 0.538. The third-order valence-electron chi connectivity index (χ3n) is 5.43. The minimum atomic E-state index is 0.598. The molecule has 0 spiro atoms. The van der Waals surface area contributed by atoms with Crippen LogP contribution in [-0.4, -0.2) is 0 Å². The highest BCUT2D eigenvalue weighted by Crippen LogP contribution is 2.31. The molecule has 0 heterocycles. The molecule has 0 saturated heterocycles. The van der Waals surface area contributed by atoms with Gasteiger partial charge in [-0.25, -0.2) is 0 Å². The van der Waals surface area contributed by atoms with E-state index in [9.17, 15) is 0 Å². The zero-order valence-electron chi connectivity index (χ0n) is 16.7. The second-order valence-electron chi connectivity index (χ2n) is 7.51. The highest BCUT2D eigenvalue weighted by molar-refractivity contribution is 5.39. The molecule has 1 fully saturated rings. The molecule has 2 rings (SSSR count). The third kappa shape index (κ3) is 7.97. The van der Waals surface area contributed by atoms with Crippen LogP contribution in [-0.2, 0) is 6.42 Å². The molecule has 0 nitrogen and oxygen atoms in total. The van der Waals surface area contributed by atoms with E-state index in [0.29, 0.717) is 5.92 Å². The van der Waals surface area contributed by atoms with Crippen molar-refractivity contribution in [3.8, 4) is 23.7 Å². The molecular weight excluding hydrogens is 312 g/mol. The molecule has 138 valence electrons. The first kappa shape index (κ1) is 20.4. The number of benzene rings is 1. The van der Waals surface area contributed by atoms with Crippen LogP contribution < -0.4 is 0 Å². The van der Waals surface area contributed by atoms with Gasteiger partial charge in [-0.15, -0.1) is 0 Å². The average Bonchev–Trinajstić information content (AvgIpc) is 2.69. The largest absolute Gasteiger partial charge is 0.0951 e. The van der Waals surface area contributed by atoms with E-state index < -0.39 is 0 Å². The van der Waals surface area contributed by atoms with Gasteiger partial charge in [-0.2, -0.15) is 0 Å². The summed E-state index contributed by atoms with van der Waals surface area (Å²) in [6, 6.07) is 8.47. The molecule has 26 heavy (non-hydrogen) atoms. The van der Waals surface area contributed by atoms with E-state index in [1.165, 1.54) is 63.4 Å². The minimum absolute atomic E-state index is 0.598. The maximum atomic E-state index is 3.43. The number of aryl methyl sites for hydroxylation is 1. The summed E-state index contributed by atoms with van der Waals surface area (Å²) in [6.45, 7) is 4.45. The van der Waals surface area contributed by atoms with Gasteiger partial charge in [0.2, 0.25) is 0 Å². The molecule has 1 aliphatic rings. The Bertz CT molecular complexity index is 646. The molecule has 0 bridgehead atoms. The van der Waals surface area contributed by atoms with Crippen LogP contribution in [0.5, 0.6) is 0 Å². The summed E-state index contributed by atoms with van der Waals surface area (Å²) in [5.41, 5.74) is 2.42. The molecule has 0 aliphatic heterocycles. The quantitative estimate of drug-likeness (QED) is 0.387. The van der Waals surface area contributed by atoms with Crippen molar-refractivity contribution >= 4 is 0 Å². The van der Waals surface area contributed by atoms with Gasteiger partial charge in [0.25, 0.3) is 0 Å². The van der Waals surface area contributed by atoms with Crippen LogP contribution in [0.4, 0.5) is 0 Å². The summed E-state index contributed by atoms with van der Waals surface area (Å²) in [6.07, 6.45) is 17.2. The van der Waals surface area contributed by atoms with Crippen molar-refractivity contribution in [1.82, 2.24) is 0 Å². The standard InChI is InChI=1S/C26H34/c1-3-5-6-9-12-25-19-21-26(22-20-25)14-11-8-7-10-13-24-17-15-23(4-2)16-18-24/h7-8,15-18,25-26H,3-6,9,12,19-22H2,1-2H3/b8-7+/t25-,26-. The van der Waals surface area contributed by atoms with Gasteiger partial charge in [0, 0.05) is 11.5 Å². The lowest BCUT2D eigenvalue weighted by molar-refractivity contribution is 0.294. The van der Waals surface area contributed by atoms with Crippen LogP contribution in [0.15, 0.2) is 36.4 Å². The van der Waals surface area contributed by atoms with Crippen molar-refractivity contribution in [1.29, 1.82) is 0 Å². The monoisotopic (exact) mass is 346 g/mol. The summed E-state index contributed by atoms with van der Waals surface area (Å²) in [5, 5.41) is 0. The summed E-state index contributed by atoms with van der Waals surface area (Å²) >= 11 is 0. The maximum Gasteiger partial charge on any atom is 0.0249 e. The van der Waals surface area contributed by atoms with Crippen LogP contribution in [0.2, 0.25) is 0 Å². The summed E-state index contributed by atoms with van der Waals surface area (Å²) < 4.78 is 0. The molecule has 0 atom stereocenters. The molecule has 0 aromatic heterocycles. The van der Waals surface area contributed by atoms with E-state index in [4.69, 9.17) is 0 Å². The fourth-order valence-electron chi connectivity index (χ4n) is 3.65. The third-order valence-corrected chi connectivity index (χ3v) is 5.43. The van der Waals surface area contributed by atoms with Crippen molar-refractivity contribution in [3.63, 3.8) is 0 Å². The molecule has 1 aromatic rings. The number of hydrogen-bond donors (Lipinski definition) is 0. The van der Waals surface area contributed by atoms with E-state index in [-0.39, 0.29) is 0 Å². The van der Waals surface area contributed by atoms with Gasteiger partial charge >= 0.3 is 0 Å². The average molecular weight is 347 g/mol. The smallest absolute Gasteiger partial charge is 0.0249 e. The Balaban J connectivity index is 1.67. The second kappa shape index (κ2) is 12.4. The first-order chi connectivity index (χ1) is 12.8. The normalized spacial score (nSPS) is 19.5. The maximum absolute atomic E-state index is 3.43. The Kier molecular flexibility index (Phi) is 9.75. The molecule has 0 N–H and O–H groups in total. The lowest BCUT2D eigenvalue weighted by atomic mass is 9.80. The van der Waals surface area contributed by atoms with Crippen molar-refractivity contribution in [2.45, 2.75) is 78.1 Å². The van der Waals surface area contributed by atoms with Gasteiger partial charge < -0.3 is 0 Å². The zero-order valence-corrected chi connectivity index (χ0v) is 16.7. The highest BCUT2D eigenvalue weighted by atomic mass is 14.2. The van der Waals surface area contributed by atoms with Crippen LogP contribution in [0.3, 0.4) is 0 Å². The second-order valence-corrected chi connectivity index (χ2v) is 7.51. The number of rotatable bonds is 6. The molecule has 1 aliphatic carbocycles. The summed E-state index contributed by atoms with van der Waals surface area (Å²) in [4.78, 5) is 0. The zero-order chi connectivity index (χ0) is 18.5. The van der Waals surface area contributed by atoms with E-state index >= 15 is 0 Å². The lowest BCUT2D eigenvalue weighted by Crippen LogP contribution is -2.13. The van der Waals surface area contributed by atoms with Gasteiger partial charge in [0.1, 0.15) is 0 Å². The SMILES string of the molecule is CCCCCC[C@H]1CC[C@H](C#C/C=C/C#Cc2ccc(CC)cc2)CC1. The number of unbranched alkanes of at least 4 members (excludes halogenated alkanes) is 3. The van der Waals surface area contributed by atoms with Gasteiger partial charge in [-0.05, 0) is 67.9 Å².